The van der Waals surface area contributed by atoms with E-state index in [-0.39, 0.29) is 11.6 Å². The summed E-state index contributed by atoms with van der Waals surface area (Å²) in [5.74, 6) is -1.68. The number of para-hydroxylation sites is 1. The molecule has 0 spiro atoms. The van der Waals surface area contributed by atoms with Gasteiger partial charge in [0.25, 0.3) is 5.91 Å². The summed E-state index contributed by atoms with van der Waals surface area (Å²) in [6.07, 6.45) is 2.84. The number of carbonyl (C=O) groups is 1. The normalized spacial score (nSPS) is 10.5. The lowest BCUT2D eigenvalue weighted by atomic mass is 10.1. The number of carbonyl (C=O) groups excluding carboxylic acids is 1. The first-order valence-corrected chi connectivity index (χ1v) is 8.54. The Labute approximate surface area is 156 Å². The van der Waals surface area contributed by atoms with Crippen LogP contribution in [0.2, 0.25) is 0 Å². The van der Waals surface area contributed by atoms with Gasteiger partial charge in [-0.3, -0.25) is 9.78 Å². The number of hydrogen-bond donors (Lipinski definition) is 1. The second-order valence-electron chi connectivity index (χ2n) is 6.07. The molecule has 1 amide bonds. The van der Waals surface area contributed by atoms with Crippen LogP contribution in [-0.4, -0.2) is 17.4 Å². The molecular weight excluding hydrogens is 348 g/mol. The molecule has 0 saturated heterocycles. The fourth-order valence-corrected chi connectivity index (χ4v) is 2.78. The largest absolute Gasteiger partial charge is 0.349 e. The molecule has 0 fully saturated rings. The van der Waals surface area contributed by atoms with E-state index in [1.807, 2.05) is 38.1 Å². The molecule has 1 aromatic heterocycles. The van der Waals surface area contributed by atoms with Gasteiger partial charge in [0.2, 0.25) is 0 Å². The first kappa shape index (κ1) is 18.5. The third-order valence-electron chi connectivity index (χ3n) is 4.09. The summed E-state index contributed by atoms with van der Waals surface area (Å²) in [6, 6.07) is 12.8. The molecule has 6 heteroatoms. The van der Waals surface area contributed by atoms with E-state index in [1.165, 1.54) is 24.5 Å². The average molecular weight is 367 g/mol. The molecule has 0 aliphatic rings. The van der Waals surface area contributed by atoms with E-state index in [1.54, 1.807) is 4.90 Å². The van der Waals surface area contributed by atoms with Crippen molar-refractivity contribution in [1.29, 1.82) is 0 Å². The Morgan fingerprint density at radius 1 is 1.07 bits per heavy atom. The quantitative estimate of drug-likeness (QED) is 0.684. The maximum absolute atomic E-state index is 13.8. The minimum atomic E-state index is -0.721. The third kappa shape index (κ3) is 4.11. The van der Waals surface area contributed by atoms with Gasteiger partial charge in [0.15, 0.2) is 0 Å². The van der Waals surface area contributed by atoms with Gasteiger partial charge >= 0.3 is 0 Å². The van der Waals surface area contributed by atoms with E-state index in [0.29, 0.717) is 17.8 Å². The van der Waals surface area contributed by atoms with Crippen molar-refractivity contribution >= 4 is 23.0 Å². The number of nitrogens with zero attached hydrogens (tertiary/aromatic N) is 2. The Kier molecular flexibility index (Phi) is 5.45. The van der Waals surface area contributed by atoms with Crippen molar-refractivity contribution in [2.45, 2.75) is 13.8 Å². The van der Waals surface area contributed by atoms with Crippen LogP contribution in [-0.2, 0) is 0 Å². The van der Waals surface area contributed by atoms with Gasteiger partial charge in [0, 0.05) is 18.4 Å². The van der Waals surface area contributed by atoms with Gasteiger partial charge in [-0.05, 0) is 49.7 Å². The summed E-state index contributed by atoms with van der Waals surface area (Å²) in [4.78, 5) is 18.6. The Morgan fingerprint density at radius 3 is 2.44 bits per heavy atom. The zero-order valence-electron chi connectivity index (χ0n) is 15.0. The predicted molar refractivity (Wildman–Crippen MR) is 102 cm³/mol. The molecule has 3 rings (SSSR count). The summed E-state index contributed by atoms with van der Waals surface area (Å²) in [6.45, 7) is 4.31. The number of halogens is 2. The fraction of sp³-hybridized carbons (Fsp3) is 0.143. The minimum absolute atomic E-state index is 0.242. The molecule has 0 saturated carbocycles. The summed E-state index contributed by atoms with van der Waals surface area (Å²) in [7, 11) is 0. The van der Waals surface area contributed by atoms with Crippen LogP contribution in [0.4, 0.5) is 25.8 Å². The van der Waals surface area contributed by atoms with Crippen LogP contribution in [0.5, 0.6) is 0 Å². The first-order valence-electron chi connectivity index (χ1n) is 8.54. The molecular formula is C21H19F2N3O. The van der Waals surface area contributed by atoms with Crippen LogP contribution < -0.4 is 10.2 Å². The van der Waals surface area contributed by atoms with E-state index in [4.69, 9.17) is 0 Å². The highest BCUT2D eigenvalue weighted by Gasteiger charge is 2.17. The van der Waals surface area contributed by atoms with Crippen molar-refractivity contribution < 1.29 is 13.6 Å². The SMILES string of the molecule is CCN(C(=O)c1cncc(Nc2c(F)cccc2F)c1)c1cccc(C)c1. The molecule has 138 valence electrons. The summed E-state index contributed by atoms with van der Waals surface area (Å²) in [5.41, 5.74) is 2.18. The van der Waals surface area contributed by atoms with Crippen LogP contribution in [0.3, 0.4) is 0 Å². The number of pyridine rings is 1. The first-order chi connectivity index (χ1) is 13.0. The second-order valence-corrected chi connectivity index (χ2v) is 6.07. The maximum Gasteiger partial charge on any atom is 0.259 e. The van der Waals surface area contributed by atoms with E-state index >= 15 is 0 Å². The second kappa shape index (κ2) is 7.95. The molecule has 1 heterocycles. The Morgan fingerprint density at radius 2 is 1.78 bits per heavy atom. The molecule has 0 unspecified atom stereocenters. The zero-order valence-corrected chi connectivity index (χ0v) is 15.0. The number of nitrogens with one attached hydrogen (secondary N) is 1. The molecule has 3 aromatic rings. The van der Waals surface area contributed by atoms with Crippen LogP contribution in [0, 0.1) is 18.6 Å². The van der Waals surface area contributed by atoms with Gasteiger partial charge in [0.05, 0.1) is 17.4 Å². The lowest BCUT2D eigenvalue weighted by molar-refractivity contribution is 0.0988. The molecule has 0 radical (unpaired) electrons. The smallest absolute Gasteiger partial charge is 0.259 e. The van der Waals surface area contributed by atoms with Crippen LogP contribution in [0.25, 0.3) is 0 Å². The van der Waals surface area contributed by atoms with Gasteiger partial charge < -0.3 is 10.2 Å². The van der Waals surface area contributed by atoms with E-state index in [0.717, 1.165) is 23.4 Å². The van der Waals surface area contributed by atoms with Gasteiger partial charge in [-0.25, -0.2) is 8.78 Å². The Balaban J connectivity index is 1.89. The van der Waals surface area contributed by atoms with Gasteiger partial charge in [-0.2, -0.15) is 0 Å². The van der Waals surface area contributed by atoms with Crippen molar-refractivity contribution in [3.8, 4) is 0 Å². The van der Waals surface area contributed by atoms with Crippen LogP contribution in [0.1, 0.15) is 22.8 Å². The highest BCUT2D eigenvalue weighted by Crippen LogP contribution is 2.24. The lowest BCUT2D eigenvalue weighted by Crippen LogP contribution is -2.30. The number of anilines is 3. The Bertz CT molecular complexity index is 955. The summed E-state index contributed by atoms with van der Waals surface area (Å²) < 4.78 is 27.7. The number of aryl methyl sites for hydroxylation is 1. The van der Waals surface area contributed by atoms with Crippen molar-refractivity contribution in [2.24, 2.45) is 0 Å². The maximum atomic E-state index is 13.8. The van der Waals surface area contributed by atoms with Crippen LogP contribution >= 0.6 is 0 Å². The van der Waals surface area contributed by atoms with Gasteiger partial charge in [0.1, 0.15) is 17.3 Å². The standard InChI is InChI=1S/C21H19F2N3O/c1-3-26(17-7-4-6-14(2)10-17)21(27)15-11-16(13-24-12-15)25-20-18(22)8-5-9-19(20)23/h4-13,25H,3H2,1-2H3. The van der Waals surface area contributed by atoms with Crippen molar-refractivity contribution in [3.05, 3.63) is 83.7 Å². The van der Waals surface area contributed by atoms with E-state index in [9.17, 15) is 13.6 Å². The van der Waals surface area contributed by atoms with E-state index < -0.39 is 11.6 Å². The number of rotatable bonds is 5. The van der Waals surface area contributed by atoms with Gasteiger partial charge in [-0.1, -0.05) is 18.2 Å². The number of aromatic nitrogens is 1. The zero-order chi connectivity index (χ0) is 19.4. The summed E-state index contributed by atoms with van der Waals surface area (Å²) in [5, 5.41) is 2.66. The lowest BCUT2D eigenvalue weighted by Gasteiger charge is -2.21. The highest BCUT2D eigenvalue weighted by molar-refractivity contribution is 6.06. The van der Waals surface area contributed by atoms with Crippen molar-refractivity contribution in [2.75, 3.05) is 16.8 Å². The minimum Gasteiger partial charge on any atom is -0.349 e. The fourth-order valence-electron chi connectivity index (χ4n) is 2.78. The van der Waals surface area contributed by atoms with Crippen molar-refractivity contribution in [3.63, 3.8) is 0 Å². The average Bonchev–Trinajstić information content (AvgIpc) is 2.66. The number of hydrogen-bond acceptors (Lipinski definition) is 3. The Hall–Kier alpha value is -3.28. The third-order valence-corrected chi connectivity index (χ3v) is 4.09. The highest BCUT2D eigenvalue weighted by atomic mass is 19.1. The molecule has 0 aliphatic carbocycles. The molecule has 0 aliphatic heterocycles. The van der Waals surface area contributed by atoms with E-state index in [2.05, 4.69) is 10.3 Å². The molecule has 2 aromatic carbocycles. The van der Waals surface area contributed by atoms with Crippen LogP contribution in [0.15, 0.2) is 60.9 Å². The van der Waals surface area contributed by atoms with Gasteiger partial charge in [-0.15, -0.1) is 0 Å². The molecule has 27 heavy (non-hydrogen) atoms. The number of amides is 1. The van der Waals surface area contributed by atoms with Crippen molar-refractivity contribution in [1.82, 2.24) is 4.98 Å². The molecule has 0 atom stereocenters. The molecule has 0 bridgehead atoms. The monoisotopic (exact) mass is 367 g/mol. The number of benzene rings is 2. The molecule has 1 N–H and O–H groups in total. The molecule has 4 nitrogen and oxygen atoms in total. The topological polar surface area (TPSA) is 45.2 Å². The predicted octanol–water partition coefficient (Wildman–Crippen LogP) is 5.08. The summed E-state index contributed by atoms with van der Waals surface area (Å²) >= 11 is 0.